The number of halogens is 4. The molecule has 1 aromatic heterocycles. The highest BCUT2D eigenvalue weighted by molar-refractivity contribution is 14.1. The number of hydrogen-bond acceptors (Lipinski definition) is 3. The third-order valence-electron chi connectivity index (χ3n) is 3.06. The van der Waals surface area contributed by atoms with Crippen molar-refractivity contribution in [1.29, 1.82) is 5.26 Å². The summed E-state index contributed by atoms with van der Waals surface area (Å²) in [6.45, 7) is 1.58. The van der Waals surface area contributed by atoms with Gasteiger partial charge in [0.05, 0.1) is 27.0 Å². The van der Waals surface area contributed by atoms with Crippen molar-refractivity contribution in [3.05, 3.63) is 45.3 Å². The molecule has 1 amide bonds. The first-order chi connectivity index (χ1) is 10.7. The van der Waals surface area contributed by atoms with Crippen molar-refractivity contribution in [2.75, 3.05) is 5.32 Å². The Labute approximate surface area is 143 Å². The molecule has 0 aliphatic heterocycles. The Morgan fingerprint density at radius 2 is 2.17 bits per heavy atom. The Kier molecular flexibility index (Phi) is 4.93. The van der Waals surface area contributed by atoms with Crippen LogP contribution in [0.5, 0.6) is 0 Å². The Morgan fingerprint density at radius 3 is 2.70 bits per heavy atom. The van der Waals surface area contributed by atoms with Gasteiger partial charge in [-0.15, -0.1) is 0 Å². The van der Waals surface area contributed by atoms with Gasteiger partial charge in [-0.25, -0.2) is 0 Å². The third kappa shape index (κ3) is 4.01. The summed E-state index contributed by atoms with van der Waals surface area (Å²) >= 11 is 2.03. The molecule has 120 valence electrons. The van der Waals surface area contributed by atoms with E-state index in [0.717, 1.165) is 15.7 Å². The molecule has 1 unspecified atom stereocenters. The number of hydrogen-bond donors (Lipinski definition) is 1. The van der Waals surface area contributed by atoms with Gasteiger partial charge in [-0.3, -0.25) is 9.48 Å². The topological polar surface area (TPSA) is 70.7 Å². The lowest BCUT2D eigenvalue weighted by Gasteiger charge is -2.14. The van der Waals surface area contributed by atoms with Crippen molar-refractivity contribution >= 4 is 34.2 Å². The number of aromatic nitrogens is 2. The molecule has 1 heterocycles. The van der Waals surface area contributed by atoms with Crippen LogP contribution in [0, 0.1) is 14.9 Å². The van der Waals surface area contributed by atoms with E-state index in [9.17, 15) is 18.0 Å². The standard InChI is InChI=1S/C14H10F3IN4O/c1-8(22-7-10(18)6-20-22)13(23)21-11-3-2-9(5-19)12(4-11)14(15,16)17/h2-4,6-8H,1H3,(H,21,23). The number of benzene rings is 1. The van der Waals surface area contributed by atoms with Gasteiger partial charge in [0.25, 0.3) is 0 Å². The minimum Gasteiger partial charge on any atom is -0.324 e. The molecular formula is C14H10F3IN4O. The SMILES string of the molecule is CC(C(=O)Nc1ccc(C#N)c(C(F)(F)F)c1)n1cc(I)cn1. The minimum atomic E-state index is -4.67. The van der Waals surface area contributed by atoms with E-state index < -0.39 is 29.3 Å². The second-order valence-electron chi connectivity index (χ2n) is 4.67. The first-order valence-corrected chi connectivity index (χ1v) is 7.42. The molecule has 0 aliphatic rings. The minimum absolute atomic E-state index is 0.0324. The van der Waals surface area contributed by atoms with Crippen LogP contribution in [-0.2, 0) is 11.0 Å². The predicted molar refractivity (Wildman–Crippen MR) is 84.4 cm³/mol. The van der Waals surface area contributed by atoms with Crippen LogP contribution in [0.25, 0.3) is 0 Å². The predicted octanol–water partition coefficient (Wildman–Crippen LogP) is 3.58. The number of amides is 1. The number of carbonyl (C=O) groups excluding carboxylic acids is 1. The number of anilines is 1. The Bertz CT molecular complexity index is 779. The highest BCUT2D eigenvalue weighted by atomic mass is 127. The number of nitriles is 1. The van der Waals surface area contributed by atoms with E-state index in [1.54, 1.807) is 19.3 Å². The zero-order valence-electron chi connectivity index (χ0n) is 11.7. The molecular weight excluding hydrogens is 424 g/mol. The van der Waals surface area contributed by atoms with E-state index >= 15 is 0 Å². The molecule has 1 atom stereocenters. The van der Waals surface area contributed by atoms with Crippen LogP contribution in [0.4, 0.5) is 18.9 Å². The molecule has 0 fully saturated rings. The molecule has 0 saturated heterocycles. The summed E-state index contributed by atoms with van der Waals surface area (Å²) in [4.78, 5) is 12.1. The lowest BCUT2D eigenvalue weighted by molar-refractivity contribution is -0.137. The van der Waals surface area contributed by atoms with E-state index in [2.05, 4.69) is 10.4 Å². The highest BCUT2D eigenvalue weighted by Crippen LogP contribution is 2.33. The van der Waals surface area contributed by atoms with Crippen LogP contribution in [0.2, 0.25) is 0 Å². The molecule has 0 spiro atoms. The molecule has 23 heavy (non-hydrogen) atoms. The Hall–Kier alpha value is -2.09. The van der Waals surface area contributed by atoms with Crippen molar-refractivity contribution in [3.8, 4) is 6.07 Å². The maximum Gasteiger partial charge on any atom is 0.417 e. The number of carbonyl (C=O) groups is 1. The number of nitrogens with one attached hydrogen (secondary N) is 1. The summed E-state index contributed by atoms with van der Waals surface area (Å²) in [5, 5.41) is 15.1. The molecule has 2 rings (SSSR count). The lowest BCUT2D eigenvalue weighted by Crippen LogP contribution is -2.24. The van der Waals surface area contributed by atoms with Crippen LogP contribution >= 0.6 is 22.6 Å². The molecule has 2 aromatic rings. The van der Waals surface area contributed by atoms with Crippen LogP contribution in [-0.4, -0.2) is 15.7 Å². The van der Waals surface area contributed by atoms with Crippen LogP contribution in [0.3, 0.4) is 0 Å². The summed E-state index contributed by atoms with van der Waals surface area (Å²) in [7, 11) is 0. The van der Waals surface area contributed by atoms with E-state index in [4.69, 9.17) is 5.26 Å². The molecule has 0 saturated carbocycles. The fourth-order valence-corrected chi connectivity index (χ4v) is 2.26. The van der Waals surface area contributed by atoms with Gasteiger partial charge >= 0.3 is 6.18 Å². The van der Waals surface area contributed by atoms with Crippen molar-refractivity contribution in [1.82, 2.24) is 9.78 Å². The largest absolute Gasteiger partial charge is 0.417 e. The van der Waals surface area contributed by atoms with Crippen LogP contribution in [0.1, 0.15) is 24.1 Å². The average Bonchev–Trinajstić information content (AvgIpc) is 2.92. The zero-order chi connectivity index (χ0) is 17.2. The Morgan fingerprint density at radius 1 is 1.48 bits per heavy atom. The molecule has 1 aromatic carbocycles. The summed E-state index contributed by atoms with van der Waals surface area (Å²) in [6, 6.07) is 3.82. The van der Waals surface area contributed by atoms with Crippen LogP contribution < -0.4 is 5.32 Å². The quantitative estimate of drug-likeness (QED) is 0.752. The van der Waals surface area contributed by atoms with Gasteiger partial charge < -0.3 is 5.32 Å². The van der Waals surface area contributed by atoms with Crippen molar-refractivity contribution in [3.63, 3.8) is 0 Å². The van der Waals surface area contributed by atoms with Gasteiger partial charge in [0, 0.05) is 11.9 Å². The molecule has 9 heteroatoms. The van der Waals surface area contributed by atoms with Gasteiger partial charge in [0.2, 0.25) is 5.91 Å². The number of nitrogens with zero attached hydrogens (tertiary/aromatic N) is 3. The van der Waals surface area contributed by atoms with E-state index in [1.165, 1.54) is 16.8 Å². The van der Waals surface area contributed by atoms with Gasteiger partial charge in [-0.1, -0.05) is 0 Å². The summed E-state index contributed by atoms with van der Waals surface area (Å²) in [5.74, 6) is -0.512. The van der Waals surface area contributed by atoms with Gasteiger partial charge in [-0.05, 0) is 47.7 Å². The smallest absolute Gasteiger partial charge is 0.324 e. The molecule has 1 N–H and O–H groups in total. The van der Waals surface area contributed by atoms with E-state index in [0.29, 0.717) is 0 Å². The normalized spacial score (nSPS) is 12.5. The summed E-state index contributed by atoms with van der Waals surface area (Å²) in [5.41, 5.74) is -1.61. The van der Waals surface area contributed by atoms with E-state index in [-0.39, 0.29) is 5.69 Å². The zero-order valence-corrected chi connectivity index (χ0v) is 13.9. The average molecular weight is 434 g/mol. The van der Waals surface area contributed by atoms with Gasteiger partial charge in [-0.2, -0.15) is 23.5 Å². The monoisotopic (exact) mass is 434 g/mol. The Balaban J connectivity index is 2.23. The van der Waals surface area contributed by atoms with Gasteiger partial charge in [0.15, 0.2) is 0 Å². The molecule has 0 aliphatic carbocycles. The highest BCUT2D eigenvalue weighted by Gasteiger charge is 2.34. The third-order valence-corrected chi connectivity index (χ3v) is 3.62. The first kappa shape index (κ1) is 17.3. The summed E-state index contributed by atoms with van der Waals surface area (Å²) < 4.78 is 40.9. The van der Waals surface area contributed by atoms with Crippen molar-refractivity contribution in [2.24, 2.45) is 0 Å². The number of rotatable bonds is 3. The number of alkyl halides is 3. The fraction of sp³-hybridized carbons (Fsp3) is 0.214. The van der Waals surface area contributed by atoms with Crippen molar-refractivity contribution < 1.29 is 18.0 Å². The fourth-order valence-electron chi connectivity index (χ4n) is 1.85. The lowest BCUT2D eigenvalue weighted by atomic mass is 10.1. The molecule has 0 radical (unpaired) electrons. The van der Waals surface area contributed by atoms with Crippen molar-refractivity contribution in [2.45, 2.75) is 19.1 Å². The summed E-state index contributed by atoms with van der Waals surface area (Å²) in [6.07, 6.45) is -1.46. The molecule has 5 nitrogen and oxygen atoms in total. The van der Waals surface area contributed by atoms with Crippen LogP contribution in [0.15, 0.2) is 30.6 Å². The van der Waals surface area contributed by atoms with Gasteiger partial charge in [0.1, 0.15) is 6.04 Å². The maximum atomic E-state index is 12.9. The first-order valence-electron chi connectivity index (χ1n) is 6.34. The molecule has 0 bridgehead atoms. The second-order valence-corrected chi connectivity index (χ2v) is 5.92. The maximum absolute atomic E-state index is 12.9. The second kappa shape index (κ2) is 6.57. The van der Waals surface area contributed by atoms with E-state index in [1.807, 2.05) is 22.6 Å².